The zero-order valence-corrected chi connectivity index (χ0v) is 16.1. The number of amides is 1. The maximum atomic E-state index is 13.2. The number of carbonyl (C=O) groups is 1. The fraction of sp³-hybridized carbons (Fsp3) is 0.500. The topological polar surface area (TPSA) is 50.2 Å². The molecule has 28 heavy (non-hydrogen) atoms. The van der Waals surface area contributed by atoms with Crippen molar-refractivity contribution in [3.63, 3.8) is 0 Å². The number of aryl methyl sites for hydroxylation is 1. The zero-order chi connectivity index (χ0) is 20.3. The van der Waals surface area contributed by atoms with Crippen LogP contribution in [-0.4, -0.2) is 33.2 Å². The van der Waals surface area contributed by atoms with Gasteiger partial charge in [-0.05, 0) is 25.0 Å². The number of alkyl halides is 3. The van der Waals surface area contributed by atoms with Crippen LogP contribution in [0, 0.1) is 6.92 Å². The first-order valence-corrected chi connectivity index (χ1v) is 9.47. The van der Waals surface area contributed by atoms with Crippen molar-refractivity contribution in [3.8, 4) is 0 Å². The van der Waals surface area contributed by atoms with E-state index in [-0.39, 0.29) is 30.5 Å². The van der Waals surface area contributed by atoms with Crippen molar-refractivity contribution in [2.75, 3.05) is 6.54 Å². The van der Waals surface area contributed by atoms with E-state index in [1.807, 2.05) is 17.8 Å². The van der Waals surface area contributed by atoms with E-state index in [1.165, 1.54) is 17.0 Å². The van der Waals surface area contributed by atoms with Crippen molar-refractivity contribution >= 4 is 5.91 Å². The Morgan fingerprint density at radius 1 is 1.25 bits per heavy atom. The third kappa shape index (κ3) is 4.55. The summed E-state index contributed by atoms with van der Waals surface area (Å²) in [5, 5.41) is 7.71. The van der Waals surface area contributed by atoms with Crippen molar-refractivity contribution in [1.29, 1.82) is 0 Å². The first kappa shape index (κ1) is 20.4. The van der Waals surface area contributed by atoms with E-state index in [9.17, 15) is 18.0 Å². The molecule has 3 rings (SSSR count). The SMILES string of the molecule is CCCn1ncc(CN[C@H]2CC(=O)N(Cc3ccccc3C(F)(F)F)C2)c1C. The fourth-order valence-corrected chi connectivity index (χ4v) is 3.55. The predicted molar refractivity (Wildman–Crippen MR) is 99.4 cm³/mol. The number of carbonyl (C=O) groups excluding carboxylic acids is 1. The molecular weight excluding hydrogens is 369 g/mol. The van der Waals surface area contributed by atoms with Gasteiger partial charge in [-0.1, -0.05) is 25.1 Å². The molecule has 0 unspecified atom stereocenters. The number of hydrogen-bond acceptors (Lipinski definition) is 3. The molecule has 2 heterocycles. The van der Waals surface area contributed by atoms with Crippen LogP contribution in [0.5, 0.6) is 0 Å². The highest BCUT2D eigenvalue weighted by Gasteiger charge is 2.35. The first-order chi connectivity index (χ1) is 13.3. The van der Waals surface area contributed by atoms with Gasteiger partial charge in [0.2, 0.25) is 5.91 Å². The fourth-order valence-electron chi connectivity index (χ4n) is 3.55. The maximum Gasteiger partial charge on any atom is 0.416 e. The number of nitrogens with zero attached hydrogens (tertiary/aromatic N) is 3. The second kappa shape index (κ2) is 8.34. The summed E-state index contributed by atoms with van der Waals surface area (Å²) in [6.07, 6.45) is -1.31. The number of rotatable bonds is 7. The van der Waals surface area contributed by atoms with Crippen LogP contribution < -0.4 is 5.32 Å². The molecule has 1 aromatic heterocycles. The van der Waals surface area contributed by atoms with Crippen molar-refractivity contribution in [2.45, 2.75) is 58.5 Å². The van der Waals surface area contributed by atoms with Crippen LogP contribution in [0.1, 0.15) is 42.1 Å². The lowest BCUT2D eigenvalue weighted by atomic mass is 10.1. The van der Waals surface area contributed by atoms with E-state index in [0.29, 0.717) is 13.1 Å². The van der Waals surface area contributed by atoms with Gasteiger partial charge in [-0.15, -0.1) is 0 Å². The Labute approximate surface area is 162 Å². The van der Waals surface area contributed by atoms with Gasteiger partial charge in [-0.25, -0.2) is 0 Å². The molecule has 1 N–H and O–H groups in total. The molecule has 1 aliphatic rings. The van der Waals surface area contributed by atoms with E-state index in [1.54, 1.807) is 6.07 Å². The number of hydrogen-bond donors (Lipinski definition) is 1. The van der Waals surface area contributed by atoms with Gasteiger partial charge in [0, 0.05) is 49.9 Å². The number of nitrogens with one attached hydrogen (secondary N) is 1. The van der Waals surface area contributed by atoms with E-state index in [0.717, 1.165) is 30.3 Å². The molecular formula is C20H25F3N4O. The molecule has 5 nitrogen and oxygen atoms in total. The van der Waals surface area contributed by atoms with Crippen LogP contribution in [0.3, 0.4) is 0 Å². The van der Waals surface area contributed by atoms with Crippen LogP contribution in [0.4, 0.5) is 13.2 Å². The van der Waals surface area contributed by atoms with Crippen molar-refractivity contribution in [1.82, 2.24) is 20.0 Å². The van der Waals surface area contributed by atoms with Crippen LogP contribution in [-0.2, 0) is 30.6 Å². The minimum Gasteiger partial charge on any atom is -0.337 e. The molecule has 1 amide bonds. The summed E-state index contributed by atoms with van der Waals surface area (Å²) in [5.74, 6) is -0.132. The number of aromatic nitrogens is 2. The minimum atomic E-state index is -4.42. The lowest BCUT2D eigenvalue weighted by molar-refractivity contribution is -0.139. The lowest BCUT2D eigenvalue weighted by Crippen LogP contribution is -2.32. The third-order valence-electron chi connectivity index (χ3n) is 5.12. The highest BCUT2D eigenvalue weighted by molar-refractivity contribution is 5.79. The third-order valence-corrected chi connectivity index (χ3v) is 5.12. The normalized spacial score (nSPS) is 17.5. The molecule has 0 saturated carbocycles. The standard InChI is InChI=1S/C20H25F3N4O/c1-3-8-27-14(2)16(11-25-27)10-24-17-9-19(28)26(13-17)12-15-6-4-5-7-18(15)20(21,22)23/h4-7,11,17,24H,3,8-10,12-13H2,1-2H3/t17-/m0/s1. The summed E-state index contributed by atoms with van der Waals surface area (Å²) < 4.78 is 41.5. The molecule has 0 bridgehead atoms. The number of halogens is 3. The van der Waals surface area contributed by atoms with Gasteiger partial charge >= 0.3 is 6.18 Å². The van der Waals surface area contributed by atoms with Gasteiger partial charge < -0.3 is 10.2 Å². The average molecular weight is 394 g/mol. The summed E-state index contributed by atoms with van der Waals surface area (Å²) in [5.41, 5.74) is 1.61. The van der Waals surface area contributed by atoms with Gasteiger partial charge in [-0.3, -0.25) is 9.48 Å². The summed E-state index contributed by atoms with van der Waals surface area (Å²) in [7, 11) is 0. The Bertz CT molecular complexity index is 831. The van der Waals surface area contributed by atoms with Crippen molar-refractivity contribution in [2.24, 2.45) is 0 Å². The van der Waals surface area contributed by atoms with Gasteiger partial charge in [0.25, 0.3) is 0 Å². The molecule has 8 heteroatoms. The van der Waals surface area contributed by atoms with Crippen molar-refractivity contribution < 1.29 is 18.0 Å². The minimum absolute atomic E-state index is 0.0276. The largest absolute Gasteiger partial charge is 0.416 e. The molecule has 2 aromatic rings. The predicted octanol–water partition coefficient (Wildman–Crippen LogP) is 3.51. The highest BCUT2D eigenvalue weighted by Crippen LogP contribution is 2.32. The zero-order valence-electron chi connectivity index (χ0n) is 16.1. The summed E-state index contributed by atoms with van der Waals surface area (Å²) in [4.78, 5) is 13.8. The molecule has 1 fully saturated rings. The van der Waals surface area contributed by atoms with E-state index < -0.39 is 11.7 Å². The maximum absolute atomic E-state index is 13.2. The molecule has 1 aliphatic heterocycles. The summed E-state index contributed by atoms with van der Waals surface area (Å²) >= 11 is 0. The summed E-state index contributed by atoms with van der Waals surface area (Å²) in [6, 6.07) is 5.34. The first-order valence-electron chi connectivity index (χ1n) is 9.47. The average Bonchev–Trinajstić information content (AvgIpc) is 3.16. The molecule has 1 aromatic carbocycles. The van der Waals surface area contributed by atoms with E-state index >= 15 is 0 Å². The van der Waals surface area contributed by atoms with Gasteiger partial charge in [0.15, 0.2) is 0 Å². The monoisotopic (exact) mass is 394 g/mol. The lowest BCUT2D eigenvalue weighted by Gasteiger charge is -2.20. The molecule has 1 atom stereocenters. The van der Waals surface area contributed by atoms with Crippen molar-refractivity contribution in [3.05, 3.63) is 52.8 Å². The Kier molecular flexibility index (Phi) is 6.07. The highest BCUT2D eigenvalue weighted by atomic mass is 19.4. The van der Waals surface area contributed by atoms with Crippen LogP contribution in [0.15, 0.2) is 30.5 Å². The smallest absolute Gasteiger partial charge is 0.337 e. The molecule has 152 valence electrons. The molecule has 0 spiro atoms. The summed E-state index contributed by atoms with van der Waals surface area (Å²) in [6.45, 7) is 5.92. The van der Waals surface area contributed by atoms with E-state index in [4.69, 9.17) is 0 Å². The Morgan fingerprint density at radius 3 is 2.71 bits per heavy atom. The Balaban J connectivity index is 1.60. The second-order valence-corrected chi connectivity index (χ2v) is 7.19. The van der Waals surface area contributed by atoms with Gasteiger partial charge in [-0.2, -0.15) is 18.3 Å². The quantitative estimate of drug-likeness (QED) is 0.782. The Hall–Kier alpha value is -2.35. The van der Waals surface area contributed by atoms with Gasteiger partial charge in [0.05, 0.1) is 11.8 Å². The van der Waals surface area contributed by atoms with E-state index in [2.05, 4.69) is 17.3 Å². The molecule has 0 aliphatic carbocycles. The second-order valence-electron chi connectivity index (χ2n) is 7.19. The number of benzene rings is 1. The van der Waals surface area contributed by atoms with Crippen LogP contribution >= 0.6 is 0 Å². The molecule has 1 saturated heterocycles. The molecule has 0 radical (unpaired) electrons. The van der Waals surface area contributed by atoms with Gasteiger partial charge in [0.1, 0.15) is 0 Å². The van der Waals surface area contributed by atoms with Crippen LogP contribution in [0.25, 0.3) is 0 Å². The number of likely N-dealkylation sites (tertiary alicyclic amines) is 1. The van der Waals surface area contributed by atoms with Crippen LogP contribution in [0.2, 0.25) is 0 Å². The Morgan fingerprint density at radius 2 is 2.00 bits per heavy atom.